The SMILES string of the molecule is CCCCCCc1ccc(N2C=CC(=C(C#N)C(=O)OCCCC)C=C2)cc1. The minimum absolute atomic E-state index is 0.0469. The van der Waals surface area contributed by atoms with E-state index in [-0.39, 0.29) is 5.57 Å². The van der Waals surface area contributed by atoms with Crippen LogP contribution in [0.15, 0.2) is 60.0 Å². The molecule has 0 amide bonds. The molecule has 0 aliphatic carbocycles. The van der Waals surface area contributed by atoms with Gasteiger partial charge in [-0.25, -0.2) is 4.79 Å². The smallest absolute Gasteiger partial charge is 0.349 e. The van der Waals surface area contributed by atoms with Gasteiger partial charge in [-0.2, -0.15) is 5.26 Å². The first-order valence-electron chi connectivity index (χ1n) is 10.2. The van der Waals surface area contributed by atoms with E-state index in [2.05, 4.69) is 31.2 Å². The second kappa shape index (κ2) is 11.8. The van der Waals surface area contributed by atoms with Gasteiger partial charge in [-0.05, 0) is 49.1 Å². The van der Waals surface area contributed by atoms with Crippen LogP contribution in [0, 0.1) is 11.3 Å². The fourth-order valence-corrected chi connectivity index (χ4v) is 2.97. The Kier molecular flexibility index (Phi) is 9.07. The van der Waals surface area contributed by atoms with Crippen molar-refractivity contribution < 1.29 is 9.53 Å². The number of benzene rings is 1. The second-order valence-corrected chi connectivity index (χ2v) is 6.95. The molecule has 0 aromatic heterocycles. The van der Waals surface area contributed by atoms with Crippen molar-refractivity contribution in [3.63, 3.8) is 0 Å². The number of aryl methyl sites for hydroxylation is 1. The molecule has 1 heterocycles. The summed E-state index contributed by atoms with van der Waals surface area (Å²) >= 11 is 0. The number of hydrogen-bond donors (Lipinski definition) is 0. The van der Waals surface area contributed by atoms with Crippen LogP contribution < -0.4 is 4.90 Å². The Morgan fingerprint density at radius 3 is 2.29 bits per heavy atom. The van der Waals surface area contributed by atoms with Crippen LogP contribution in [0.25, 0.3) is 0 Å². The Labute approximate surface area is 168 Å². The van der Waals surface area contributed by atoms with Gasteiger partial charge >= 0.3 is 5.97 Å². The largest absolute Gasteiger partial charge is 0.462 e. The van der Waals surface area contributed by atoms with Crippen LogP contribution in [0.3, 0.4) is 0 Å². The number of carbonyl (C=O) groups is 1. The van der Waals surface area contributed by atoms with E-state index < -0.39 is 5.97 Å². The Bertz CT molecular complexity index is 751. The number of allylic oxidation sites excluding steroid dienone is 3. The van der Waals surface area contributed by atoms with Gasteiger partial charge in [-0.15, -0.1) is 0 Å². The maximum absolute atomic E-state index is 12.1. The number of nitrogens with zero attached hydrogens (tertiary/aromatic N) is 2. The van der Waals surface area contributed by atoms with E-state index in [0.29, 0.717) is 12.2 Å². The van der Waals surface area contributed by atoms with Crippen molar-refractivity contribution in [1.29, 1.82) is 5.26 Å². The zero-order chi connectivity index (χ0) is 20.2. The molecule has 28 heavy (non-hydrogen) atoms. The molecule has 1 aliphatic rings. The number of anilines is 1. The van der Waals surface area contributed by atoms with Crippen molar-refractivity contribution in [2.24, 2.45) is 0 Å². The normalized spacial score (nSPS) is 12.8. The lowest BCUT2D eigenvalue weighted by molar-refractivity contribution is -0.138. The molecule has 0 saturated heterocycles. The van der Waals surface area contributed by atoms with E-state index in [4.69, 9.17) is 4.74 Å². The topological polar surface area (TPSA) is 53.3 Å². The summed E-state index contributed by atoms with van der Waals surface area (Å²) in [5, 5.41) is 9.33. The first-order valence-corrected chi connectivity index (χ1v) is 10.2. The number of nitriles is 1. The van der Waals surface area contributed by atoms with Crippen LogP contribution in [0.1, 0.15) is 57.9 Å². The lowest BCUT2D eigenvalue weighted by Crippen LogP contribution is -2.13. The van der Waals surface area contributed by atoms with Gasteiger partial charge in [-0.3, -0.25) is 0 Å². The average Bonchev–Trinajstić information content (AvgIpc) is 2.73. The summed E-state index contributed by atoms with van der Waals surface area (Å²) in [4.78, 5) is 14.1. The maximum atomic E-state index is 12.1. The van der Waals surface area contributed by atoms with Gasteiger partial charge in [0.25, 0.3) is 0 Å². The zero-order valence-electron chi connectivity index (χ0n) is 17.0. The van der Waals surface area contributed by atoms with Crippen LogP contribution in [0.5, 0.6) is 0 Å². The highest BCUT2D eigenvalue weighted by Gasteiger charge is 2.16. The third-order valence-electron chi connectivity index (χ3n) is 4.72. The summed E-state index contributed by atoms with van der Waals surface area (Å²) in [6.07, 6.45) is 15.2. The first kappa shape index (κ1) is 21.5. The molecule has 1 aromatic rings. The van der Waals surface area contributed by atoms with E-state index in [9.17, 15) is 10.1 Å². The molecule has 0 unspecified atom stereocenters. The van der Waals surface area contributed by atoms with Gasteiger partial charge in [-0.1, -0.05) is 51.7 Å². The Hall–Kier alpha value is -2.80. The number of ether oxygens (including phenoxy) is 1. The minimum Gasteiger partial charge on any atom is -0.462 e. The van der Waals surface area contributed by atoms with Crippen LogP contribution >= 0.6 is 0 Å². The molecule has 148 valence electrons. The van der Waals surface area contributed by atoms with Crippen LogP contribution in [-0.4, -0.2) is 12.6 Å². The zero-order valence-corrected chi connectivity index (χ0v) is 17.0. The number of carbonyl (C=O) groups excluding carboxylic acids is 1. The Morgan fingerprint density at radius 2 is 1.68 bits per heavy atom. The van der Waals surface area contributed by atoms with Crippen molar-refractivity contribution in [1.82, 2.24) is 0 Å². The Balaban J connectivity index is 1.98. The predicted octanol–water partition coefficient (Wildman–Crippen LogP) is 5.82. The summed E-state index contributed by atoms with van der Waals surface area (Å²) in [5.74, 6) is -0.555. The molecule has 4 nitrogen and oxygen atoms in total. The van der Waals surface area contributed by atoms with Gasteiger partial charge in [0, 0.05) is 23.7 Å². The number of esters is 1. The standard InChI is InChI=1S/C24H30N2O2/c1-3-5-7-8-9-20-10-12-22(13-11-20)26-16-14-21(15-17-26)23(19-25)24(27)28-18-6-4-2/h10-17H,3-9,18H2,1-2H3. The maximum Gasteiger partial charge on any atom is 0.349 e. The van der Waals surface area contributed by atoms with Gasteiger partial charge < -0.3 is 9.64 Å². The molecule has 0 radical (unpaired) electrons. The third-order valence-corrected chi connectivity index (χ3v) is 4.72. The third kappa shape index (κ3) is 6.42. The lowest BCUT2D eigenvalue weighted by Gasteiger charge is -2.19. The summed E-state index contributed by atoms with van der Waals surface area (Å²) in [5.41, 5.74) is 3.03. The quantitative estimate of drug-likeness (QED) is 0.223. The van der Waals surface area contributed by atoms with E-state index in [1.54, 1.807) is 12.2 Å². The fraction of sp³-hybridized carbons (Fsp3) is 0.417. The second-order valence-electron chi connectivity index (χ2n) is 6.95. The highest BCUT2D eigenvalue weighted by atomic mass is 16.5. The van der Waals surface area contributed by atoms with E-state index in [1.807, 2.05) is 30.3 Å². The van der Waals surface area contributed by atoms with Crippen molar-refractivity contribution in [2.75, 3.05) is 11.5 Å². The number of rotatable bonds is 10. The summed E-state index contributed by atoms with van der Waals surface area (Å²) in [6.45, 7) is 4.60. The average molecular weight is 379 g/mol. The number of hydrogen-bond acceptors (Lipinski definition) is 4. The highest BCUT2D eigenvalue weighted by molar-refractivity contribution is 5.95. The molecule has 0 fully saturated rings. The van der Waals surface area contributed by atoms with Gasteiger partial charge in [0.15, 0.2) is 0 Å². The van der Waals surface area contributed by atoms with Gasteiger partial charge in [0.05, 0.1) is 6.61 Å². The van der Waals surface area contributed by atoms with Crippen molar-refractivity contribution >= 4 is 11.7 Å². The van der Waals surface area contributed by atoms with Crippen molar-refractivity contribution in [3.05, 3.63) is 65.5 Å². The molecule has 4 heteroatoms. The lowest BCUT2D eigenvalue weighted by atomic mass is 10.1. The van der Waals surface area contributed by atoms with Gasteiger partial charge in [0.1, 0.15) is 11.6 Å². The van der Waals surface area contributed by atoms with Crippen molar-refractivity contribution in [3.8, 4) is 6.07 Å². The molecule has 0 bridgehead atoms. The first-order chi connectivity index (χ1) is 13.7. The van der Waals surface area contributed by atoms with Crippen molar-refractivity contribution in [2.45, 2.75) is 58.8 Å². The fourth-order valence-electron chi connectivity index (χ4n) is 2.97. The predicted molar refractivity (Wildman–Crippen MR) is 114 cm³/mol. The highest BCUT2D eigenvalue weighted by Crippen LogP contribution is 2.22. The minimum atomic E-state index is -0.555. The molecular weight excluding hydrogens is 348 g/mol. The summed E-state index contributed by atoms with van der Waals surface area (Å²) < 4.78 is 5.16. The molecule has 0 N–H and O–H groups in total. The molecule has 0 saturated carbocycles. The monoisotopic (exact) mass is 378 g/mol. The number of unbranched alkanes of at least 4 members (excludes halogenated alkanes) is 4. The summed E-state index contributed by atoms with van der Waals surface area (Å²) in [7, 11) is 0. The molecule has 1 aliphatic heterocycles. The molecule has 2 rings (SSSR count). The summed E-state index contributed by atoms with van der Waals surface area (Å²) in [6, 6.07) is 10.5. The molecule has 0 atom stereocenters. The molecule has 0 spiro atoms. The van der Waals surface area contributed by atoms with Crippen LogP contribution in [0.2, 0.25) is 0 Å². The van der Waals surface area contributed by atoms with Gasteiger partial charge in [0.2, 0.25) is 0 Å². The van der Waals surface area contributed by atoms with E-state index >= 15 is 0 Å². The van der Waals surface area contributed by atoms with E-state index in [0.717, 1.165) is 24.9 Å². The van der Waals surface area contributed by atoms with E-state index in [1.165, 1.54) is 31.2 Å². The van der Waals surface area contributed by atoms with Crippen LogP contribution in [0.4, 0.5) is 5.69 Å². The molecular formula is C24H30N2O2. The molecule has 1 aromatic carbocycles. The van der Waals surface area contributed by atoms with Crippen LogP contribution in [-0.2, 0) is 16.0 Å². The Morgan fingerprint density at radius 1 is 1.00 bits per heavy atom.